The number of sulfonamides is 1. The molecule has 0 bridgehead atoms. The zero-order chi connectivity index (χ0) is 16.2. The number of hydrogen-bond donors (Lipinski definition) is 4. The van der Waals surface area contributed by atoms with E-state index in [-0.39, 0.29) is 10.7 Å². The van der Waals surface area contributed by atoms with Gasteiger partial charge in [-0.3, -0.25) is 14.8 Å². The van der Waals surface area contributed by atoms with E-state index < -0.39 is 28.0 Å². The summed E-state index contributed by atoms with van der Waals surface area (Å²) in [6, 6.07) is 2.75. The molecule has 10 heteroatoms. The minimum Gasteiger partial charge on any atom is -0.374 e. The number of rotatable bonds is 5. The maximum absolute atomic E-state index is 11.5. The molecule has 1 rings (SSSR count). The van der Waals surface area contributed by atoms with Gasteiger partial charge in [-0.05, 0) is 25.1 Å². The van der Waals surface area contributed by atoms with Gasteiger partial charge in [0, 0.05) is 5.69 Å². The van der Waals surface area contributed by atoms with Crippen molar-refractivity contribution < 1.29 is 18.0 Å². The van der Waals surface area contributed by atoms with E-state index in [0.717, 1.165) is 6.26 Å². The van der Waals surface area contributed by atoms with Crippen molar-refractivity contribution in [3.63, 3.8) is 0 Å². The molecule has 21 heavy (non-hydrogen) atoms. The number of primary amides is 1. The second-order valence-corrected chi connectivity index (χ2v) is 6.44. The maximum Gasteiger partial charge on any atom is 0.318 e. The summed E-state index contributed by atoms with van der Waals surface area (Å²) in [5.74, 6) is -0.600. The van der Waals surface area contributed by atoms with E-state index in [9.17, 15) is 18.0 Å². The van der Waals surface area contributed by atoms with Crippen molar-refractivity contribution in [2.75, 3.05) is 16.3 Å². The number of benzene rings is 1. The first kappa shape index (κ1) is 17.1. The quantitative estimate of drug-likeness (QED) is 0.629. The summed E-state index contributed by atoms with van der Waals surface area (Å²) >= 11 is 5.94. The zero-order valence-electron chi connectivity index (χ0n) is 11.3. The number of nitrogens with two attached hydrogens (primary N) is 1. The minimum atomic E-state index is -3.43. The second-order valence-electron chi connectivity index (χ2n) is 4.29. The fourth-order valence-electron chi connectivity index (χ4n) is 1.43. The Morgan fingerprint density at radius 3 is 2.43 bits per heavy atom. The van der Waals surface area contributed by atoms with E-state index in [0.29, 0.717) is 5.69 Å². The first-order valence-electron chi connectivity index (χ1n) is 5.72. The number of carbonyl (C=O) groups is 2. The van der Waals surface area contributed by atoms with E-state index >= 15 is 0 Å². The highest BCUT2D eigenvalue weighted by Crippen LogP contribution is 2.26. The largest absolute Gasteiger partial charge is 0.374 e. The van der Waals surface area contributed by atoms with Crippen LogP contribution in [0.25, 0.3) is 0 Å². The number of halogens is 1. The van der Waals surface area contributed by atoms with Crippen LogP contribution in [-0.4, -0.2) is 32.7 Å². The van der Waals surface area contributed by atoms with Crippen LogP contribution < -0.4 is 21.1 Å². The van der Waals surface area contributed by atoms with Crippen LogP contribution in [0.5, 0.6) is 0 Å². The van der Waals surface area contributed by atoms with Crippen molar-refractivity contribution in [1.29, 1.82) is 0 Å². The van der Waals surface area contributed by atoms with Gasteiger partial charge in [-0.15, -0.1) is 0 Å². The molecule has 0 saturated carbocycles. The lowest BCUT2D eigenvalue weighted by Crippen LogP contribution is -2.43. The molecule has 5 N–H and O–H groups in total. The molecule has 1 atom stereocenters. The van der Waals surface area contributed by atoms with Gasteiger partial charge in [0.1, 0.15) is 6.04 Å². The van der Waals surface area contributed by atoms with Gasteiger partial charge in [-0.1, -0.05) is 11.6 Å². The zero-order valence-corrected chi connectivity index (χ0v) is 12.9. The summed E-state index contributed by atoms with van der Waals surface area (Å²) in [4.78, 5) is 22.1. The Labute approximate surface area is 127 Å². The lowest BCUT2D eigenvalue weighted by atomic mass is 10.2. The second kappa shape index (κ2) is 6.64. The average molecular weight is 335 g/mol. The third kappa shape index (κ3) is 5.88. The van der Waals surface area contributed by atoms with Gasteiger partial charge >= 0.3 is 6.03 Å². The molecule has 0 heterocycles. The summed E-state index contributed by atoms with van der Waals surface area (Å²) in [6.07, 6.45) is 1.01. The summed E-state index contributed by atoms with van der Waals surface area (Å²) in [5, 5.41) is 4.89. The number of urea groups is 1. The molecule has 0 radical (unpaired) electrons. The molecule has 1 aromatic carbocycles. The smallest absolute Gasteiger partial charge is 0.318 e. The Balaban J connectivity index is 2.80. The first-order chi connectivity index (χ1) is 9.58. The van der Waals surface area contributed by atoms with Crippen LogP contribution in [0.1, 0.15) is 6.92 Å². The molecule has 0 saturated heterocycles. The van der Waals surface area contributed by atoms with E-state index in [2.05, 4.69) is 10.0 Å². The molecule has 0 unspecified atom stereocenters. The van der Waals surface area contributed by atoms with Crippen molar-refractivity contribution in [2.45, 2.75) is 13.0 Å². The SMILES string of the molecule is C[C@@H](Nc1ccc(NS(C)(=O)=O)c(Cl)c1)C(=O)NC(N)=O. The predicted molar refractivity (Wildman–Crippen MR) is 80.7 cm³/mol. The van der Waals surface area contributed by atoms with Crippen LogP contribution in [-0.2, 0) is 14.8 Å². The molecule has 0 aromatic heterocycles. The Bertz CT molecular complexity index is 662. The van der Waals surface area contributed by atoms with E-state index in [4.69, 9.17) is 17.3 Å². The highest BCUT2D eigenvalue weighted by atomic mass is 35.5. The van der Waals surface area contributed by atoms with Gasteiger partial charge in [-0.2, -0.15) is 0 Å². The molecule has 8 nitrogen and oxygen atoms in total. The third-order valence-corrected chi connectivity index (χ3v) is 3.19. The van der Waals surface area contributed by atoms with Crippen LogP contribution in [0.3, 0.4) is 0 Å². The normalized spacial score (nSPS) is 12.3. The summed E-state index contributed by atoms with van der Waals surface area (Å²) in [5.41, 5.74) is 5.54. The van der Waals surface area contributed by atoms with Crippen LogP contribution in [0.15, 0.2) is 18.2 Å². The van der Waals surface area contributed by atoms with Crippen molar-refractivity contribution in [1.82, 2.24) is 5.32 Å². The Hall–Kier alpha value is -2.00. The number of imide groups is 1. The molecule has 116 valence electrons. The summed E-state index contributed by atoms with van der Waals surface area (Å²) in [7, 11) is -3.43. The van der Waals surface area contributed by atoms with Crippen LogP contribution in [0, 0.1) is 0 Å². The molecular formula is C11H15ClN4O4S. The first-order valence-corrected chi connectivity index (χ1v) is 7.99. The lowest BCUT2D eigenvalue weighted by molar-refractivity contribution is -0.120. The predicted octanol–water partition coefficient (Wildman–Crippen LogP) is 0.707. The van der Waals surface area contributed by atoms with Crippen molar-refractivity contribution in [3.8, 4) is 0 Å². The van der Waals surface area contributed by atoms with Crippen molar-refractivity contribution in [3.05, 3.63) is 23.2 Å². The van der Waals surface area contributed by atoms with Crippen LogP contribution in [0.2, 0.25) is 5.02 Å². The molecule has 3 amide bonds. The van der Waals surface area contributed by atoms with Crippen molar-refractivity contribution in [2.24, 2.45) is 5.73 Å². The van der Waals surface area contributed by atoms with Gasteiger partial charge in [0.25, 0.3) is 0 Å². The van der Waals surface area contributed by atoms with E-state index in [1.54, 1.807) is 0 Å². The van der Waals surface area contributed by atoms with Crippen LogP contribution in [0.4, 0.5) is 16.2 Å². The Kier molecular flexibility index (Phi) is 5.39. The molecule has 0 aliphatic carbocycles. The number of hydrogen-bond acceptors (Lipinski definition) is 5. The van der Waals surface area contributed by atoms with E-state index in [1.807, 2.05) is 5.32 Å². The lowest BCUT2D eigenvalue weighted by Gasteiger charge is -2.15. The maximum atomic E-state index is 11.5. The highest BCUT2D eigenvalue weighted by molar-refractivity contribution is 7.92. The molecular weight excluding hydrogens is 320 g/mol. The van der Waals surface area contributed by atoms with Gasteiger partial charge in [0.2, 0.25) is 15.9 Å². The summed E-state index contributed by atoms with van der Waals surface area (Å²) < 4.78 is 24.5. The average Bonchev–Trinajstić information content (AvgIpc) is 2.30. The minimum absolute atomic E-state index is 0.160. The van der Waals surface area contributed by atoms with Gasteiger partial charge in [0.05, 0.1) is 17.0 Å². The summed E-state index contributed by atoms with van der Waals surface area (Å²) in [6.45, 7) is 1.52. The van der Waals surface area contributed by atoms with Gasteiger partial charge in [0.15, 0.2) is 0 Å². The monoisotopic (exact) mass is 334 g/mol. The van der Waals surface area contributed by atoms with Crippen LogP contribution >= 0.6 is 11.6 Å². The molecule has 0 aliphatic rings. The van der Waals surface area contributed by atoms with Crippen molar-refractivity contribution >= 4 is 44.9 Å². The topological polar surface area (TPSA) is 130 Å². The molecule has 0 spiro atoms. The number of nitrogens with one attached hydrogen (secondary N) is 3. The number of amides is 3. The molecule has 0 fully saturated rings. The number of carbonyl (C=O) groups excluding carboxylic acids is 2. The fourth-order valence-corrected chi connectivity index (χ4v) is 2.29. The van der Waals surface area contributed by atoms with Gasteiger partial charge < -0.3 is 11.1 Å². The standard InChI is InChI=1S/C11H15ClN4O4S/c1-6(10(17)15-11(13)18)14-7-3-4-9(8(12)5-7)16-21(2,19)20/h3-6,14,16H,1-2H3,(H3,13,15,17,18)/t6-/m1/s1. The fraction of sp³-hybridized carbons (Fsp3) is 0.273. The molecule has 0 aliphatic heterocycles. The van der Waals surface area contributed by atoms with E-state index in [1.165, 1.54) is 25.1 Å². The van der Waals surface area contributed by atoms with Gasteiger partial charge in [-0.25, -0.2) is 13.2 Å². The molecule has 1 aromatic rings. The Morgan fingerprint density at radius 2 is 1.95 bits per heavy atom. The Morgan fingerprint density at radius 1 is 1.33 bits per heavy atom. The third-order valence-electron chi connectivity index (χ3n) is 2.29. The highest BCUT2D eigenvalue weighted by Gasteiger charge is 2.15. The number of anilines is 2.